The van der Waals surface area contributed by atoms with Gasteiger partial charge in [0.25, 0.3) is 5.91 Å². The van der Waals surface area contributed by atoms with Crippen LogP contribution in [0.25, 0.3) is 0 Å². The van der Waals surface area contributed by atoms with Gasteiger partial charge in [0.2, 0.25) is 23.6 Å². The van der Waals surface area contributed by atoms with Gasteiger partial charge in [-0.2, -0.15) is 0 Å². The van der Waals surface area contributed by atoms with Gasteiger partial charge in [-0.1, -0.05) is 56.3 Å². The molecule has 0 aliphatic carbocycles. The minimum absolute atomic E-state index is 0.0241. The number of rotatable bonds is 7. The normalized spacial score (nSPS) is 22.5. The molecule has 0 saturated carbocycles. The molecule has 0 unspecified atom stereocenters. The van der Waals surface area contributed by atoms with Gasteiger partial charge in [-0.15, -0.1) is 0 Å². The van der Waals surface area contributed by atoms with Crippen LogP contribution in [-0.4, -0.2) is 88.3 Å². The Bertz CT molecular complexity index is 1800. The zero-order valence-corrected chi connectivity index (χ0v) is 31.2. The van der Waals surface area contributed by atoms with Crippen LogP contribution in [-0.2, 0) is 32.0 Å². The molecular weight excluding hydrogens is 680 g/mol. The van der Waals surface area contributed by atoms with Crippen molar-refractivity contribution in [2.24, 2.45) is 5.92 Å². The number of Topliss-reactive ketones (excluding diaryl/α,β-unsaturated/α-hetero) is 1. The Morgan fingerprint density at radius 3 is 2.06 bits per heavy atom. The predicted molar refractivity (Wildman–Crippen MR) is 197 cm³/mol. The van der Waals surface area contributed by atoms with Crippen molar-refractivity contribution >= 4 is 35.3 Å². The third-order valence-electron chi connectivity index (χ3n) is 9.19. The van der Waals surface area contributed by atoms with Crippen molar-refractivity contribution in [1.29, 1.82) is 0 Å². The SMILES string of the molecule is CC(=O)c1[nH]c(C)c(C(=O)N[C@H]2Cc3ccc(cc3)OC[C@H](Cc3ccccc3)NC(=O)[C@@H](C(C)C)NC(=O)[C@H]([C@@H](C)O)NC(=O)[C@@H](C)NC2=O)c1C. The van der Waals surface area contributed by atoms with Gasteiger partial charge in [-0.25, -0.2) is 0 Å². The summed E-state index contributed by atoms with van der Waals surface area (Å²) in [4.78, 5) is 83.0. The third-order valence-corrected chi connectivity index (χ3v) is 9.19. The summed E-state index contributed by atoms with van der Waals surface area (Å²) in [5.74, 6) is -3.44. The first-order chi connectivity index (χ1) is 25.0. The van der Waals surface area contributed by atoms with Gasteiger partial charge >= 0.3 is 0 Å². The maximum atomic E-state index is 13.8. The number of ether oxygens (including phenoxy) is 1. The Hall–Kier alpha value is -5.50. The van der Waals surface area contributed by atoms with Gasteiger partial charge in [-0.3, -0.25) is 28.8 Å². The van der Waals surface area contributed by atoms with E-state index in [4.69, 9.17) is 4.74 Å². The number of ketones is 1. The Morgan fingerprint density at radius 2 is 1.47 bits per heavy atom. The Morgan fingerprint density at radius 1 is 0.849 bits per heavy atom. The molecule has 0 spiro atoms. The van der Waals surface area contributed by atoms with Crippen molar-refractivity contribution < 1.29 is 38.6 Å². The Kier molecular flexibility index (Phi) is 13.5. The molecule has 6 atom stereocenters. The predicted octanol–water partition coefficient (Wildman–Crippen LogP) is 1.81. The second-order valence-corrected chi connectivity index (χ2v) is 13.9. The molecule has 0 radical (unpaired) electrons. The van der Waals surface area contributed by atoms with E-state index in [2.05, 4.69) is 31.6 Å². The van der Waals surface area contributed by atoms with Crippen LogP contribution in [0.2, 0.25) is 0 Å². The number of aliphatic hydroxyl groups excluding tert-OH is 1. The highest BCUT2D eigenvalue weighted by Crippen LogP contribution is 2.20. The lowest BCUT2D eigenvalue weighted by Gasteiger charge is -2.29. The van der Waals surface area contributed by atoms with E-state index in [1.54, 1.807) is 52.0 Å². The Balaban J connectivity index is 1.69. The van der Waals surface area contributed by atoms with E-state index < -0.39 is 65.8 Å². The highest BCUT2D eigenvalue weighted by Gasteiger charge is 2.34. The van der Waals surface area contributed by atoms with Gasteiger partial charge in [0.05, 0.1) is 23.4 Å². The first kappa shape index (κ1) is 40.3. The minimum Gasteiger partial charge on any atom is -0.491 e. The molecule has 0 fully saturated rings. The lowest BCUT2D eigenvalue weighted by Crippen LogP contribution is -2.61. The summed E-state index contributed by atoms with van der Waals surface area (Å²) < 4.78 is 6.12. The summed E-state index contributed by atoms with van der Waals surface area (Å²) in [6, 6.07) is 11.1. The van der Waals surface area contributed by atoms with Crippen LogP contribution in [0.1, 0.15) is 77.8 Å². The molecule has 14 heteroatoms. The standard InChI is InChI=1S/C39H50N6O8/c1-20(2)32-38(51)42-28(17-26-11-9-8-10-12-26)19-53-29-15-13-27(14-16-29)18-30(43-37(50)31-21(3)33(24(6)46)40-22(31)4)36(49)41-23(5)35(48)45-34(25(7)47)39(52)44-32/h8-16,20,23,25,28,30,32,34,40,47H,17-19H2,1-7H3,(H,41,49)(H,42,51)(H,43,50)(H,44,52)(H,45,48)/t23-,25-,28+,30+,32-,34+/m1/s1. The van der Waals surface area contributed by atoms with E-state index in [1.807, 2.05) is 30.3 Å². The fourth-order valence-corrected chi connectivity index (χ4v) is 6.22. The number of carbonyl (C=O) groups is 6. The van der Waals surface area contributed by atoms with E-state index >= 15 is 0 Å². The number of H-pyrrole nitrogens is 1. The summed E-state index contributed by atoms with van der Waals surface area (Å²) >= 11 is 0. The number of aryl methyl sites for hydroxylation is 1. The number of amides is 5. The number of aliphatic hydroxyl groups is 1. The molecule has 2 aromatic carbocycles. The van der Waals surface area contributed by atoms with Gasteiger partial charge in [0.15, 0.2) is 5.78 Å². The average molecular weight is 731 g/mol. The van der Waals surface area contributed by atoms with Crippen molar-refractivity contribution in [3.63, 3.8) is 0 Å². The van der Waals surface area contributed by atoms with Crippen molar-refractivity contribution in [3.8, 4) is 5.75 Å². The van der Waals surface area contributed by atoms with E-state index in [-0.39, 0.29) is 36.0 Å². The quantitative estimate of drug-likeness (QED) is 0.141. The zero-order valence-electron chi connectivity index (χ0n) is 31.2. The van der Waals surface area contributed by atoms with Gasteiger partial charge in [0.1, 0.15) is 36.5 Å². The first-order valence-electron chi connectivity index (χ1n) is 17.7. The number of fused-ring (bicyclic) bond motifs is 17. The number of hydrogen-bond donors (Lipinski definition) is 7. The maximum absolute atomic E-state index is 13.8. The summed E-state index contributed by atoms with van der Waals surface area (Å²) in [7, 11) is 0. The van der Waals surface area contributed by atoms with Crippen LogP contribution in [0.5, 0.6) is 5.75 Å². The lowest BCUT2D eigenvalue weighted by atomic mass is 10.0. The lowest BCUT2D eigenvalue weighted by molar-refractivity contribution is -0.136. The summed E-state index contributed by atoms with van der Waals surface area (Å²) in [6.07, 6.45) is -0.911. The molecule has 0 saturated heterocycles. The maximum Gasteiger partial charge on any atom is 0.254 e. The molecule has 284 valence electrons. The van der Waals surface area contributed by atoms with Crippen molar-refractivity contribution in [2.45, 2.75) is 97.6 Å². The third kappa shape index (κ3) is 10.5. The molecular formula is C39H50N6O8. The van der Waals surface area contributed by atoms with Crippen LogP contribution in [0, 0.1) is 19.8 Å². The highest BCUT2D eigenvalue weighted by molar-refractivity contribution is 6.04. The Labute approximate surface area is 309 Å². The van der Waals surface area contributed by atoms with Crippen LogP contribution >= 0.6 is 0 Å². The highest BCUT2D eigenvalue weighted by atomic mass is 16.5. The van der Waals surface area contributed by atoms with Gasteiger partial charge in [0, 0.05) is 19.0 Å². The minimum atomic E-state index is -1.46. The number of carbonyl (C=O) groups excluding carboxylic acids is 6. The second kappa shape index (κ2) is 17.8. The molecule has 5 rings (SSSR count). The molecule has 14 nitrogen and oxygen atoms in total. The monoisotopic (exact) mass is 730 g/mol. The van der Waals surface area contributed by atoms with E-state index in [1.165, 1.54) is 20.8 Å². The largest absolute Gasteiger partial charge is 0.491 e. The summed E-state index contributed by atoms with van der Waals surface area (Å²) in [5.41, 5.74) is 3.03. The molecule has 3 aromatic rings. The number of benzene rings is 2. The molecule has 2 aliphatic heterocycles. The van der Waals surface area contributed by atoms with Crippen LogP contribution in [0.4, 0.5) is 0 Å². The average Bonchev–Trinajstić information content (AvgIpc) is 3.41. The van der Waals surface area contributed by atoms with Crippen molar-refractivity contribution in [1.82, 2.24) is 31.6 Å². The molecule has 3 heterocycles. The topological polar surface area (TPSA) is 208 Å². The van der Waals surface area contributed by atoms with Gasteiger partial charge < -0.3 is 41.4 Å². The van der Waals surface area contributed by atoms with E-state index in [0.29, 0.717) is 29.0 Å². The van der Waals surface area contributed by atoms with E-state index in [0.717, 1.165) is 5.56 Å². The van der Waals surface area contributed by atoms with Crippen molar-refractivity contribution in [2.75, 3.05) is 6.61 Å². The fourth-order valence-electron chi connectivity index (χ4n) is 6.22. The van der Waals surface area contributed by atoms with Crippen LogP contribution < -0.4 is 31.3 Å². The molecule has 53 heavy (non-hydrogen) atoms. The van der Waals surface area contributed by atoms with Crippen LogP contribution in [0.15, 0.2) is 54.6 Å². The van der Waals surface area contributed by atoms with E-state index in [9.17, 15) is 33.9 Å². The number of aromatic nitrogens is 1. The number of aromatic amines is 1. The first-order valence-corrected chi connectivity index (χ1v) is 17.7. The van der Waals surface area contributed by atoms with Crippen molar-refractivity contribution in [3.05, 3.63) is 88.2 Å². The number of hydrogen-bond acceptors (Lipinski definition) is 8. The fraction of sp³-hybridized carbons (Fsp3) is 0.436. The number of nitrogens with one attached hydrogen (secondary N) is 6. The molecule has 2 aliphatic rings. The second-order valence-electron chi connectivity index (χ2n) is 13.9. The molecule has 5 amide bonds. The van der Waals surface area contributed by atoms with Gasteiger partial charge in [-0.05, 0) is 68.9 Å². The molecule has 1 aromatic heterocycles. The smallest absolute Gasteiger partial charge is 0.254 e. The summed E-state index contributed by atoms with van der Waals surface area (Å²) in [5, 5.41) is 24.1. The summed E-state index contributed by atoms with van der Waals surface area (Å²) in [6.45, 7) is 11.0. The molecule has 2 bridgehead atoms. The zero-order chi connectivity index (χ0) is 39.0. The molecule has 7 N–H and O–H groups in total. The van der Waals surface area contributed by atoms with Crippen LogP contribution in [0.3, 0.4) is 0 Å².